The minimum absolute atomic E-state index is 0.133. The smallest absolute Gasteiger partial charge is 0.338 e. The fourth-order valence-electron chi connectivity index (χ4n) is 2.99. The van der Waals surface area contributed by atoms with Crippen LogP contribution in [0.25, 0.3) is 10.9 Å². The van der Waals surface area contributed by atoms with Crippen molar-refractivity contribution in [3.63, 3.8) is 0 Å². The number of carbonyl (C=O) groups is 2. The summed E-state index contributed by atoms with van der Waals surface area (Å²) >= 11 is 0. The van der Waals surface area contributed by atoms with Gasteiger partial charge in [0.05, 0.1) is 35.5 Å². The van der Waals surface area contributed by atoms with Crippen LogP contribution in [0.4, 0.5) is 0 Å². The van der Waals surface area contributed by atoms with Crippen LogP contribution in [-0.2, 0) is 11.3 Å². The number of esters is 1. The van der Waals surface area contributed by atoms with Gasteiger partial charge >= 0.3 is 5.97 Å². The molecule has 1 aliphatic heterocycles. The van der Waals surface area contributed by atoms with E-state index >= 15 is 0 Å². The highest BCUT2D eigenvalue weighted by molar-refractivity contribution is 5.97. The first-order valence-electron chi connectivity index (χ1n) is 9.56. The molecule has 9 heteroatoms. The lowest BCUT2D eigenvalue weighted by Crippen LogP contribution is -2.42. The van der Waals surface area contributed by atoms with Crippen molar-refractivity contribution in [3.05, 3.63) is 42.0 Å². The topological polar surface area (TPSA) is 99.4 Å². The van der Waals surface area contributed by atoms with Gasteiger partial charge in [-0.25, -0.2) is 14.8 Å². The summed E-state index contributed by atoms with van der Waals surface area (Å²) < 4.78 is 12.7. The van der Waals surface area contributed by atoms with Gasteiger partial charge in [-0.15, -0.1) is 0 Å². The van der Waals surface area contributed by atoms with Crippen molar-refractivity contribution in [1.82, 2.24) is 24.6 Å². The molecule has 4 rings (SSSR count). The highest BCUT2D eigenvalue weighted by Crippen LogP contribution is 2.30. The minimum atomic E-state index is -0.452. The van der Waals surface area contributed by atoms with E-state index < -0.39 is 5.97 Å². The summed E-state index contributed by atoms with van der Waals surface area (Å²) in [6.45, 7) is 6.17. The summed E-state index contributed by atoms with van der Waals surface area (Å²) in [6, 6.07) is 3.27. The maximum absolute atomic E-state index is 12.2. The second kappa shape index (κ2) is 7.86. The van der Waals surface area contributed by atoms with Crippen LogP contribution in [0.15, 0.2) is 30.7 Å². The van der Waals surface area contributed by atoms with E-state index in [1.807, 2.05) is 13.1 Å². The molecule has 1 amide bonds. The molecule has 0 unspecified atom stereocenters. The van der Waals surface area contributed by atoms with Gasteiger partial charge in [-0.2, -0.15) is 5.10 Å². The van der Waals surface area contributed by atoms with Crippen molar-refractivity contribution in [2.24, 2.45) is 0 Å². The SMILES string of the molecule is CCOC(=O)c1cc(Oc2cnc(C(=O)N3CCC3)cn2)c2cn(CC)nc2c1. The van der Waals surface area contributed by atoms with Crippen LogP contribution in [0.5, 0.6) is 11.6 Å². The Morgan fingerprint density at radius 3 is 2.59 bits per heavy atom. The van der Waals surface area contributed by atoms with Crippen LogP contribution in [0.1, 0.15) is 41.1 Å². The van der Waals surface area contributed by atoms with Gasteiger partial charge in [0.15, 0.2) is 0 Å². The molecule has 1 fully saturated rings. The maximum atomic E-state index is 12.2. The van der Waals surface area contributed by atoms with Gasteiger partial charge in [-0.05, 0) is 32.4 Å². The van der Waals surface area contributed by atoms with Crippen LogP contribution >= 0.6 is 0 Å². The van der Waals surface area contributed by atoms with Crippen LogP contribution in [0.2, 0.25) is 0 Å². The maximum Gasteiger partial charge on any atom is 0.338 e. The normalized spacial score (nSPS) is 13.2. The van der Waals surface area contributed by atoms with E-state index in [0.717, 1.165) is 24.9 Å². The van der Waals surface area contributed by atoms with E-state index in [9.17, 15) is 9.59 Å². The largest absolute Gasteiger partial charge is 0.462 e. The van der Waals surface area contributed by atoms with Crippen molar-refractivity contribution in [3.8, 4) is 11.6 Å². The van der Waals surface area contributed by atoms with E-state index in [2.05, 4.69) is 15.1 Å². The molecule has 150 valence electrons. The summed E-state index contributed by atoms with van der Waals surface area (Å²) in [5.74, 6) is 0.0520. The summed E-state index contributed by atoms with van der Waals surface area (Å²) in [6.07, 6.45) is 5.66. The number of fused-ring (bicyclic) bond motifs is 1. The number of carbonyl (C=O) groups excluding carboxylic acids is 2. The molecule has 0 N–H and O–H groups in total. The molecule has 0 atom stereocenters. The van der Waals surface area contributed by atoms with E-state index in [0.29, 0.717) is 23.4 Å². The van der Waals surface area contributed by atoms with Gasteiger partial charge in [0.1, 0.15) is 11.4 Å². The predicted molar refractivity (Wildman–Crippen MR) is 104 cm³/mol. The van der Waals surface area contributed by atoms with Gasteiger partial charge in [-0.1, -0.05) is 0 Å². The third-order valence-electron chi connectivity index (χ3n) is 4.67. The summed E-state index contributed by atoms with van der Waals surface area (Å²) in [5.41, 5.74) is 1.24. The molecule has 3 heterocycles. The number of likely N-dealkylation sites (tertiary alicyclic amines) is 1. The monoisotopic (exact) mass is 395 g/mol. The Hall–Kier alpha value is -3.49. The third kappa shape index (κ3) is 3.75. The number of rotatable bonds is 6. The van der Waals surface area contributed by atoms with E-state index in [1.165, 1.54) is 12.4 Å². The number of amides is 1. The molecule has 3 aromatic rings. The Labute approximate surface area is 167 Å². The second-order valence-corrected chi connectivity index (χ2v) is 6.60. The molecule has 0 saturated carbocycles. The molecule has 2 aromatic heterocycles. The first-order valence-corrected chi connectivity index (χ1v) is 9.56. The third-order valence-corrected chi connectivity index (χ3v) is 4.67. The number of nitrogens with zero attached hydrogens (tertiary/aromatic N) is 5. The number of benzene rings is 1. The quantitative estimate of drug-likeness (QED) is 0.592. The number of aryl methyl sites for hydroxylation is 1. The van der Waals surface area contributed by atoms with Crippen molar-refractivity contribution in [2.75, 3.05) is 19.7 Å². The number of aromatic nitrogens is 4. The summed E-state index contributed by atoms with van der Waals surface area (Å²) in [5, 5.41) is 5.19. The average Bonchev–Trinajstić information content (AvgIpc) is 3.11. The Kier molecular flexibility index (Phi) is 5.11. The number of hydrogen-bond acceptors (Lipinski definition) is 7. The minimum Gasteiger partial charge on any atom is -0.462 e. The average molecular weight is 395 g/mol. The molecule has 9 nitrogen and oxygen atoms in total. The van der Waals surface area contributed by atoms with Gasteiger partial charge in [0.25, 0.3) is 5.91 Å². The van der Waals surface area contributed by atoms with Crippen LogP contribution < -0.4 is 4.74 Å². The fraction of sp³-hybridized carbons (Fsp3) is 0.350. The first-order chi connectivity index (χ1) is 14.1. The van der Waals surface area contributed by atoms with Crippen LogP contribution in [0.3, 0.4) is 0 Å². The fourth-order valence-corrected chi connectivity index (χ4v) is 2.99. The standard InChI is InChI=1S/C20H21N5O4/c1-3-25-12-14-15(23-25)8-13(20(27)28-4-2)9-17(14)29-18-11-21-16(10-22-18)19(26)24-6-5-7-24/h8-12H,3-7H2,1-2H3. The van der Waals surface area contributed by atoms with Crippen molar-refractivity contribution in [2.45, 2.75) is 26.8 Å². The van der Waals surface area contributed by atoms with Gasteiger partial charge in [0.2, 0.25) is 5.88 Å². The van der Waals surface area contributed by atoms with Gasteiger partial charge in [0, 0.05) is 25.8 Å². The molecular formula is C20H21N5O4. The highest BCUT2D eigenvalue weighted by Gasteiger charge is 2.23. The van der Waals surface area contributed by atoms with Gasteiger partial charge in [-0.3, -0.25) is 9.48 Å². The molecule has 1 saturated heterocycles. The molecule has 0 spiro atoms. The molecule has 0 bridgehead atoms. The Morgan fingerprint density at radius 2 is 1.97 bits per heavy atom. The summed E-state index contributed by atoms with van der Waals surface area (Å²) in [7, 11) is 0. The Balaban J connectivity index is 1.64. The molecule has 1 aromatic carbocycles. The van der Waals surface area contributed by atoms with Crippen molar-refractivity contribution in [1.29, 1.82) is 0 Å². The second-order valence-electron chi connectivity index (χ2n) is 6.60. The lowest BCUT2D eigenvalue weighted by atomic mass is 10.1. The van der Waals surface area contributed by atoms with E-state index in [1.54, 1.807) is 28.6 Å². The number of hydrogen-bond donors (Lipinski definition) is 0. The Bertz CT molecular complexity index is 1060. The molecule has 0 aliphatic carbocycles. The number of ether oxygens (including phenoxy) is 2. The van der Waals surface area contributed by atoms with Crippen LogP contribution in [0, 0.1) is 0 Å². The Morgan fingerprint density at radius 1 is 1.14 bits per heavy atom. The zero-order valence-electron chi connectivity index (χ0n) is 16.3. The lowest BCUT2D eigenvalue weighted by molar-refractivity contribution is 0.0525. The zero-order chi connectivity index (χ0) is 20.4. The van der Waals surface area contributed by atoms with Crippen LogP contribution in [-0.4, -0.2) is 56.2 Å². The van der Waals surface area contributed by atoms with Crippen molar-refractivity contribution >= 4 is 22.8 Å². The van der Waals surface area contributed by atoms with Crippen molar-refractivity contribution < 1.29 is 19.1 Å². The summed E-state index contributed by atoms with van der Waals surface area (Å²) in [4.78, 5) is 34.5. The first kappa shape index (κ1) is 18.9. The highest BCUT2D eigenvalue weighted by atomic mass is 16.5. The molecule has 1 aliphatic rings. The predicted octanol–water partition coefficient (Wildman–Crippen LogP) is 2.66. The van der Waals surface area contributed by atoms with E-state index in [4.69, 9.17) is 9.47 Å². The van der Waals surface area contributed by atoms with Gasteiger partial charge < -0.3 is 14.4 Å². The molecular weight excluding hydrogens is 374 g/mol. The zero-order valence-corrected chi connectivity index (χ0v) is 16.3. The molecule has 0 radical (unpaired) electrons. The van der Waals surface area contributed by atoms with E-state index in [-0.39, 0.29) is 24.1 Å². The lowest BCUT2D eigenvalue weighted by Gasteiger charge is -2.30. The molecule has 29 heavy (non-hydrogen) atoms.